The Bertz CT molecular complexity index is 1890. The molecule has 1 aromatic heterocycles. The number of carbonyl (C=O) groups is 2. The Labute approximate surface area is 274 Å². The number of amides is 2. The number of ether oxygens (including phenoxy) is 1. The fourth-order valence-corrected chi connectivity index (χ4v) is 11.1. The van der Waals surface area contributed by atoms with Crippen LogP contribution in [0.2, 0.25) is 0 Å². The van der Waals surface area contributed by atoms with Crippen molar-refractivity contribution in [3.8, 4) is 5.75 Å². The van der Waals surface area contributed by atoms with Crippen molar-refractivity contribution in [1.29, 1.82) is 0 Å². The maximum Gasteiger partial charge on any atom is 0.419 e. The molecule has 6 atom stereocenters. The summed E-state index contributed by atoms with van der Waals surface area (Å²) in [6.07, 6.45) is -2.90. The number of rotatable bonds is 6. The first kappa shape index (κ1) is 32.9. The fourth-order valence-electron chi connectivity index (χ4n) is 7.98. The average Bonchev–Trinajstić information content (AvgIpc) is 3.73. The van der Waals surface area contributed by atoms with Crippen molar-refractivity contribution in [3.63, 3.8) is 0 Å². The molecule has 4 fully saturated rings. The van der Waals surface area contributed by atoms with E-state index in [0.29, 0.717) is 40.3 Å². The van der Waals surface area contributed by atoms with E-state index in [-0.39, 0.29) is 41.9 Å². The smallest absolute Gasteiger partial charge is 0.419 e. The number of methoxy groups -OCH3 is 1. The molecule has 2 aromatic carbocycles. The molecule has 9 nitrogen and oxygen atoms in total. The van der Waals surface area contributed by atoms with Crippen molar-refractivity contribution in [1.82, 2.24) is 10.3 Å². The second-order valence-electron chi connectivity index (χ2n) is 13.1. The van der Waals surface area contributed by atoms with Crippen molar-refractivity contribution in [2.24, 2.45) is 29.6 Å². The molecule has 2 N–H and O–H groups in total. The normalized spacial score (nSPS) is 28.8. The summed E-state index contributed by atoms with van der Waals surface area (Å²) >= 11 is 1.09. The summed E-state index contributed by atoms with van der Waals surface area (Å²) in [5.41, 5.74) is -1.20. The molecule has 2 amide bonds. The number of nitrogens with zero attached hydrogens (tertiary/aromatic N) is 2. The van der Waals surface area contributed by atoms with Crippen molar-refractivity contribution in [3.05, 3.63) is 47.3 Å². The molecule has 3 aromatic rings. The van der Waals surface area contributed by atoms with Crippen LogP contribution in [0.3, 0.4) is 0 Å². The number of piperidine rings is 1. The number of carbonyl (C=O) groups excluding carboxylic acids is 2. The van der Waals surface area contributed by atoms with E-state index in [1.807, 2.05) is 0 Å². The van der Waals surface area contributed by atoms with E-state index in [9.17, 15) is 44.3 Å². The lowest BCUT2D eigenvalue weighted by Gasteiger charge is -2.46. The number of alkyl halides is 5. The van der Waals surface area contributed by atoms with Crippen LogP contribution in [0.1, 0.15) is 35.2 Å². The van der Waals surface area contributed by atoms with E-state index in [1.54, 1.807) is 17.0 Å². The van der Waals surface area contributed by atoms with Gasteiger partial charge in [0.25, 0.3) is 11.8 Å². The number of hydrogen-bond acceptors (Lipinski definition) is 8. The zero-order chi connectivity index (χ0) is 34.3. The Morgan fingerprint density at radius 2 is 1.75 bits per heavy atom. The van der Waals surface area contributed by atoms with Gasteiger partial charge in [0.2, 0.25) is 5.91 Å². The number of nitrogens with one attached hydrogen (secondary N) is 2. The van der Waals surface area contributed by atoms with E-state index in [4.69, 9.17) is 4.74 Å². The third kappa shape index (κ3) is 5.65. The molecule has 3 heterocycles. The van der Waals surface area contributed by atoms with Gasteiger partial charge in [0, 0.05) is 24.8 Å². The van der Waals surface area contributed by atoms with Crippen LogP contribution < -0.4 is 20.3 Å². The molecule has 2 aliphatic heterocycles. The number of hydrogen-bond donors (Lipinski definition) is 2. The standard InChI is InChI=1S/C31H30F6N4O5S2/c1-46-22-7-6-21-26(47-29(39-21)41-10-16-12-48(44,45)13-17(11-41)30(16,33)34)24(22)28(43)40-25-15-3-2-14(8-15)23(25)27(42)38-18-4-5-20(32)19(9-18)31(35,36)37/h4-7,9,14-17,23,25H,2-3,8,10-13H2,1H3,(H,38,42)(H,40,43)/t14-,15+,16?,17?,23+,25-/m1/s1. The van der Waals surface area contributed by atoms with Gasteiger partial charge in [0.15, 0.2) is 15.0 Å². The van der Waals surface area contributed by atoms with Crippen LogP contribution in [0, 0.1) is 35.4 Å². The minimum absolute atomic E-state index is 0.0680. The first-order valence-electron chi connectivity index (χ1n) is 15.3. The van der Waals surface area contributed by atoms with E-state index < -0.39 is 80.4 Å². The van der Waals surface area contributed by atoms with E-state index in [0.717, 1.165) is 23.8 Å². The number of sulfone groups is 1. The first-order valence-corrected chi connectivity index (χ1v) is 18.0. The summed E-state index contributed by atoms with van der Waals surface area (Å²) in [5, 5.41) is 5.81. The Morgan fingerprint density at radius 3 is 2.42 bits per heavy atom. The fraction of sp³-hybridized carbons (Fsp3) is 0.516. The van der Waals surface area contributed by atoms with E-state index in [1.165, 1.54) is 7.11 Å². The van der Waals surface area contributed by atoms with Gasteiger partial charge >= 0.3 is 6.18 Å². The van der Waals surface area contributed by atoms with Gasteiger partial charge < -0.3 is 20.3 Å². The quantitative estimate of drug-likeness (QED) is 0.330. The van der Waals surface area contributed by atoms with Gasteiger partial charge in [-0.05, 0) is 61.4 Å². The summed E-state index contributed by atoms with van der Waals surface area (Å²) in [6, 6.07) is 4.74. The predicted molar refractivity (Wildman–Crippen MR) is 165 cm³/mol. The number of benzene rings is 2. The van der Waals surface area contributed by atoms with Crippen molar-refractivity contribution < 1.29 is 49.1 Å². The highest BCUT2D eigenvalue weighted by Gasteiger charge is 2.58. The van der Waals surface area contributed by atoms with Gasteiger partial charge in [0.1, 0.15) is 17.1 Å². The van der Waals surface area contributed by atoms with E-state index >= 15 is 0 Å². The maximum absolute atomic E-state index is 14.9. The number of aromatic nitrogens is 1. The average molecular weight is 717 g/mol. The zero-order valence-electron chi connectivity index (χ0n) is 25.3. The highest BCUT2D eigenvalue weighted by Crippen LogP contribution is 2.50. The summed E-state index contributed by atoms with van der Waals surface area (Å²) in [4.78, 5) is 33.7. The summed E-state index contributed by atoms with van der Waals surface area (Å²) in [5.74, 6) is -10.5. The molecule has 2 saturated heterocycles. The number of fused-ring (bicyclic) bond motifs is 5. The second kappa shape index (κ2) is 11.5. The van der Waals surface area contributed by atoms with Gasteiger partial charge in [-0.3, -0.25) is 9.59 Å². The van der Waals surface area contributed by atoms with Crippen LogP contribution in [-0.2, 0) is 20.8 Å². The second-order valence-corrected chi connectivity index (χ2v) is 16.2. The van der Waals surface area contributed by atoms with Crippen LogP contribution in [0.25, 0.3) is 10.2 Å². The molecule has 0 spiro atoms. The summed E-state index contributed by atoms with van der Waals surface area (Å²) in [7, 11) is -2.23. The molecule has 2 unspecified atom stereocenters. The van der Waals surface area contributed by atoms with Gasteiger partial charge in [0.05, 0.1) is 52.1 Å². The SMILES string of the molecule is COc1ccc2nc(N3CC4CS(=O)(=O)CC(C3)C4(F)F)sc2c1C(=O)N[C@@H]1[C@H]2CC[C@H](C2)[C@@H]1C(=O)Nc1ccc(F)c(C(F)(F)F)c1. The van der Waals surface area contributed by atoms with Gasteiger partial charge in [-0.15, -0.1) is 0 Å². The summed E-state index contributed by atoms with van der Waals surface area (Å²) < 4.78 is 114. The van der Waals surface area contributed by atoms with Gasteiger partial charge in [-0.2, -0.15) is 13.2 Å². The monoisotopic (exact) mass is 716 g/mol. The predicted octanol–water partition coefficient (Wildman–Crippen LogP) is 5.36. The lowest BCUT2D eigenvalue weighted by atomic mass is 9.83. The third-order valence-electron chi connectivity index (χ3n) is 10.2. The van der Waals surface area contributed by atoms with Crippen molar-refractivity contribution in [2.75, 3.05) is 41.9 Å². The first-order chi connectivity index (χ1) is 22.6. The van der Waals surface area contributed by atoms with E-state index in [2.05, 4.69) is 15.6 Å². The van der Waals surface area contributed by atoms with Crippen LogP contribution >= 0.6 is 11.3 Å². The molecule has 0 radical (unpaired) electrons. The van der Waals surface area contributed by atoms with Gasteiger partial charge in [-0.25, -0.2) is 26.6 Å². The Kier molecular flexibility index (Phi) is 7.88. The molecule has 258 valence electrons. The highest BCUT2D eigenvalue weighted by atomic mass is 32.2. The van der Waals surface area contributed by atoms with Crippen molar-refractivity contribution >= 4 is 54.0 Å². The molecule has 7 rings (SSSR count). The minimum Gasteiger partial charge on any atom is -0.496 e. The largest absolute Gasteiger partial charge is 0.496 e. The Balaban J connectivity index is 1.15. The third-order valence-corrected chi connectivity index (χ3v) is 13.1. The number of anilines is 2. The molecule has 2 aliphatic carbocycles. The van der Waals surface area contributed by atoms with Crippen LogP contribution in [0.4, 0.5) is 37.2 Å². The molecular weight excluding hydrogens is 686 g/mol. The molecule has 4 aliphatic rings. The summed E-state index contributed by atoms with van der Waals surface area (Å²) in [6.45, 7) is -0.441. The molecule has 4 bridgehead atoms. The number of halogens is 6. The van der Waals surface area contributed by atoms with Crippen LogP contribution in [0.15, 0.2) is 30.3 Å². The van der Waals surface area contributed by atoms with Gasteiger partial charge in [-0.1, -0.05) is 11.3 Å². The topological polar surface area (TPSA) is 118 Å². The molecular formula is C31H30F6N4O5S2. The zero-order valence-corrected chi connectivity index (χ0v) is 27.0. The minimum atomic E-state index is -4.96. The van der Waals surface area contributed by atoms with Crippen LogP contribution in [-0.4, -0.2) is 68.9 Å². The number of thiazole rings is 1. The Morgan fingerprint density at radius 1 is 1.06 bits per heavy atom. The van der Waals surface area contributed by atoms with Crippen LogP contribution in [0.5, 0.6) is 5.75 Å². The van der Waals surface area contributed by atoms with Crippen molar-refractivity contribution in [2.45, 2.75) is 37.4 Å². The Hall–Kier alpha value is -3.60. The highest BCUT2D eigenvalue weighted by molar-refractivity contribution is 7.91. The molecule has 2 saturated carbocycles. The lowest BCUT2D eigenvalue weighted by molar-refractivity contribution is -0.140. The molecule has 17 heteroatoms. The maximum atomic E-state index is 14.9. The lowest BCUT2D eigenvalue weighted by Crippen LogP contribution is -2.61. The molecule has 48 heavy (non-hydrogen) atoms.